The lowest BCUT2D eigenvalue weighted by Crippen LogP contribution is -2.41. The first kappa shape index (κ1) is 22.6. The molecule has 1 aliphatic heterocycles. The van der Waals surface area contributed by atoms with Gasteiger partial charge >= 0.3 is 13.2 Å². The molecular formula is C25H28BNO4S. The normalized spacial score (nSPS) is 17.5. The average Bonchev–Trinajstić information content (AvgIpc) is 3.31. The zero-order chi connectivity index (χ0) is 22.8. The molecule has 1 aromatic heterocycles. The van der Waals surface area contributed by atoms with Crippen LogP contribution in [0, 0.1) is 0 Å². The van der Waals surface area contributed by atoms with Gasteiger partial charge in [-0.2, -0.15) is 0 Å². The van der Waals surface area contributed by atoms with Crippen LogP contribution in [-0.2, 0) is 20.7 Å². The van der Waals surface area contributed by atoms with Gasteiger partial charge in [0.2, 0.25) is 0 Å². The van der Waals surface area contributed by atoms with E-state index in [2.05, 4.69) is 35.0 Å². The van der Waals surface area contributed by atoms with Crippen LogP contribution in [0.1, 0.15) is 38.8 Å². The molecule has 1 fully saturated rings. The number of nitrogens with one attached hydrogen (secondary N) is 1. The topological polar surface area (TPSA) is 56.8 Å². The molecule has 0 atom stereocenters. The highest BCUT2D eigenvalue weighted by molar-refractivity contribution is 7.17. The van der Waals surface area contributed by atoms with Gasteiger partial charge in [-0.25, -0.2) is 4.79 Å². The maximum Gasteiger partial charge on any atom is 0.492 e. The number of carbonyl (C=O) groups is 1. The summed E-state index contributed by atoms with van der Waals surface area (Å²) in [5.41, 5.74) is 1.85. The summed E-state index contributed by atoms with van der Waals surface area (Å²) in [5, 5.41) is 6.12. The van der Waals surface area contributed by atoms with Crippen molar-refractivity contribution in [1.29, 1.82) is 0 Å². The Labute approximate surface area is 193 Å². The maximum atomic E-state index is 12.3. The molecule has 0 spiro atoms. The summed E-state index contributed by atoms with van der Waals surface area (Å²) in [6, 6.07) is 18.0. The first-order valence-electron chi connectivity index (χ1n) is 10.7. The first-order valence-corrected chi connectivity index (χ1v) is 11.6. The predicted octanol–water partition coefficient (Wildman–Crippen LogP) is 5.84. The van der Waals surface area contributed by atoms with E-state index in [1.807, 2.05) is 64.1 Å². The van der Waals surface area contributed by atoms with Gasteiger partial charge < -0.3 is 19.4 Å². The second kappa shape index (κ2) is 9.10. The molecular weight excluding hydrogens is 421 g/mol. The number of amides is 1. The third-order valence-corrected chi connectivity index (χ3v) is 6.93. The van der Waals surface area contributed by atoms with Crippen molar-refractivity contribution in [2.24, 2.45) is 0 Å². The Balaban J connectivity index is 1.50. The van der Waals surface area contributed by atoms with Crippen LogP contribution < -0.4 is 5.32 Å². The van der Waals surface area contributed by atoms with Crippen LogP contribution in [0.5, 0.6) is 0 Å². The number of hydrogen-bond acceptors (Lipinski definition) is 5. The Hall–Kier alpha value is -2.61. The molecule has 0 bridgehead atoms. The number of alkyl carbamates (subject to hydrolysis) is 1. The van der Waals surface area contributed by atoms with Gasteiger partial charge in [-0.3, -0.25) is 0 Å². The summed E-state index contributed by atoms with van der Waals surface area (Å²) < 4.78 is 19.1. The first-order chi connectivity index (χ1) is 15.2. The molecule has 1 saturated heterocycles. The quantitative estimate of drug-likeness (QED) is 0.480. The lowest BCUT2D eigenvalue weighted by molar-refractivity contribution is 0.00578. The maximum absolute atomic E-state index is 12.3. The summed E-state index contributed by atoms with van der Waals surface area (Å²) in [7, 11) is -0.562. The van der Waals surface area contributed by atoms with E-state index in [1.54, 1.807) is 11.3 Å². The molecule has 4 rings (SSSR count). The molecule has 0 radical (unpaired) electrons. The van der Waals surface area contributed by atoms with Crippen molar-refractivity contribution in [2.45, 2.75) is 45.5 Å². The Morgan fingerprint density at radius 3 is 2.50 bits per heavy atom. The zero-order valence-electron chi connectivity index (χ0n) is 18.9. The molecule has 0 aliphatic carbocycles. The Morgan fingerprint density at radius 1 is 1.06 bits per heavy atom. The van der Waals surface area contributed by atoms with Gasteiger partial charge in [0.05, 0.1) is 11.2 Å². The largest absolute Gasteiger partial charge is 0.492 e. The third-order valence-electron chi connectivity index (χ3n) is 6.03. The van der Waals surface area contributed by atoms with Crippen LogP contribution in [-0.4, -0.2) is 31.0 Å². The van der Waals surface area contributed by atoms with Gasteiger partial charge in [0, 0.05) is 11.2 Å². The van der Waals surface area contributed by atoms with Crippen molar-refractivity contribution >= 4 is 40.7 Å². The summed E-state index contributed by atoms with van der Waals surface area (Å²) in [6.07, 6.45) is 1.54. The van der Waals surface area contributed by atoms with E-state index in [0.717, 1.165) is 16.6 Å². The molecule has 1 N–H and O–H groups in total. The standard InChI is InChI=1S/C25H28BNO4S/c1-24(2)25(3,4)31-26(30-24)21(15-19-10-11-22-20(14-19)12-13-32-22)16-27-23(28)29-17-18-8-6-5-7-9-18/h5-15H,16-17H2,1-4H3,(H,27,28). The number of rotatable bonds is 6. The number of hydrogen-bond donors (Lipinski definition) is 1. The summed E-state index contributed by atoms with van der Waals surface area (Å²) >= 11 is 1.71. The fraction of sp³-hybridized carbons (Fsp3) is 0.320. The number of fused-ring (bicyclic) bond motifs is 1. The lowest BCUT2D eigenvalue weighted by atomic mass is 9.77. The molecule has 3 aromatic rings. The molecule has 2 aromatic carbocycles. The van der Waals surface area contributed by atoms with Gasteiger partial charge in [0.1, 0.15) is 6.61 Å². The van der Waals surface area contributed by atoms with Crippen molar-refractivity contribution in [2.75, 3.05) is 6.54 Å². The van der Waals surface area contributed by atoms with E-state index in [4.69, 9.17) is 14.0 Å². The zero-order valence-corrected chi connectivity index (χ0v) is 19.7. The van der Waals surface area contributed by atoms with Crippen molar-refractivity contribution in [3.05, 3.63) is 76.6 Å². The Kier molecular flexibility index (Phi) is 6.42. The van der Waals surface area contributed by atoms with E-state index in [1.165, 1.54) is 10.1 Å². The van der Waals surface area contributed by atoms with Crippen LogP contribution in [0.25, 0.3) is 16.2 Å². The highest BCUT2D eigenvalue weighted by Gasteiger charge is 2.52. The van der Waals surface area contributed by atoms with Crippen molar-refractivity contribution in [3.8, 4) is 0 Å². The van der Waals surface area contributed by atoms with Gasteiger partial charge in [-0.1, -0.05) is 42.5 Å². The Bertz CT molecular complexity index is 1110. The van der Waals surface area contributed by atoms with E-state index in [0.29, 0.717) is 0 Å². The molecule has 2 heterocycles. The summed E-state index contributed by atoms with van der Waals surface area (Å²) in [5.74, 6) is 0. The van der Waals surface area contributed by atoms with Crippen LogP contribution in [0.2, 0.25) is 0 Å². The molecule has 1 aliphatic rings. The molecule has 7 heteroatoms. The van der Waals surface area contributed by atoms with Crippen molar-refractivity contribution in [1.82, 2.24) is 5.32 Å². The van der Waals surface area contributed by atoms with E-state index in [-0.39, 0.29) is 13.2 Å². The summed E-state index contributed by atoms with van der Waals surface area (Å²) in [6.45, 7) is 8.55. The van der Waals surface area contributed by atoms with E-state index >= 15 is 0 Å². The predicted molar refractivity (Wildman–Crippen MR) is 131 cm³/mol. The smallest absolute Gasteiger partial charge is 0.445 e. The Morgan fingerprint density at radius 2 is 1.78 bits per heavy atom. The highest BCUT2D eigenvalue weighted by atomic mass is 32.1. The lowest BCUT2D eigenvalue weighted by Gasteiger charge is -2.32. The van der Waals surface area contributed by atoms with E-state index < -0.39 is 24.4 Å². The van der Waals surface area contributed by atoms with Gasteiger partial charge in [0.15, 0.2) is 0 Å². The van der Waals surface area contributed by atoms with Gasteiger partial charge in [-0.15, -0.1) is 11.3 Å². The van der Waals surface area contributed by atoms with E-state index in [9.17, 15) is 4.79 Å². The SMILES string of the molecule is CC1(C)OB(C(=Cc2ccc3sccc3c2)CNC(=O)OCc2ccccc2)OC1(C)C. The highest BCUT2D eigenvalue weighted by Crippen LogP contribution is 2.39. The fourth-order valence-corrected chi connectivity index (χ4v) is 4.21. The fourth-order valence-electron chi connectivity index (χ4n) is 3.43. The molecule has 0 unspecified atom stereocenters. The molecule has 166 valence electrons. The number of benzene rings is 2. The molecule has 0 saturated carbocycles. The molecule has 1 amide bonds. The minimum absolute atomic E-state index is 0.219. The molecule has 32 heavy (non-hydrogen) atoms. The number of carbonyl (C=O) groups excluding carboxylic acids is 1. The summed E-state index contributed by atoms with van der Waals surface area (Å²) in [4.78, 5) is 12.3. The number of thiophene rings is 1. The van der Waals surface area contributed by atoms with Crippen LogP contribution in [0.4, 0.5) is 4.79 Å². The minimum Gasteiger partial charge on any atom is -0.445 e. The molecule has 5 nitrogen and oxygen atoms in total. The van der Waals surface area contributed by atoms with Gasteiger partial charge in [-0.05, 0) is 73.3 Å². The van der Waals surface area contributed by atoms with Crippen LogP contribution >= 0.6 is 11.3 Å². The van der Waals surface area contributed by atoms with Crippen molar-refractivity contribution in [3.63, 3.8) is 0 Å². The van der Waals surface area contributed by atoms with Crippen LogP contribution in [0.3, 0.4) is 0 Å². The average molecular weight is 449 g/mol. The second-order valence-electron chi connectivity index (χ2n) is 8.94. The second-order valence-corrected chi connectivity index (χ2v) is 9.89. The third kappa shape index (κ3) is 5.06. The monoisotopic (exact) mass is 449 g/mol. The van der Waals surface area contributed by atoms with Gasteiger partial charge in [0.25, 0.3) is 0 Å². The van der Waals surface area contributed by atoms with Crippen LogP contribution in [0.15, 0.2) is 65.4 Å². The van der Waals surface area contributed by atoms with Crippen molar-refractivity contribution < 1.29 is 18.8 Å². The minimum atomic E-state index is -0.562. The number of ether oxygens (including phenoxy) is 1.